The molecule has 2 aromatic rings. The fraction of sp³-hybridized carbons (Fsp3) is 0.455. The molecule has 0 amide bonds. The number of nitrogens with one attached hydrogen (secondary N) is 1. The lowest BCUT2D eigenvalue weighted by Crippen LogP contribution is -2.40. The predicted molar refractivity (Wildman–Crippen MR) is 64.3 cm³/mol. The van der Waals surface area contributed by atoms with Crippen molar-refractivity contribution in [1.82, 2.24) is 9.55 Å². The van der Waals surface area contributed by atoms with Gasteiger partial charge >= 0.3 is 5.69 Å². The Morgan fingerprint density at radius 3 is 2.75 bits per heavy atom. The van der Waals surface area contributed by atoms with Gasteiger partial charge in [-0.1, -0.05) is 0 Å². The van der Waals surface area contributed by atoms with E-state index in [1.807, 2.05) is 19.2 Å². The van der Waals surface area contributed by atoms with Crippen LogP contribution < -0.4 is 11.2 Å². The SMILES string of the molecule is Cc1csc2[nH]c(=O)n(C3(C)CC3)c(=O)c12. The van der Waals surface area contributed by atoms with E-state index in [0.29, 0.717) is 10.2 Å². The summed E-state index contributed by atoms with van der Waals surface area (Å²) in [5.74, 6) is 0. The molecule has 0 saturated heterocycles. The summed E-state index contributed by atoms with van der Waals surface area (Å²) in [4.78, 5) is 27.6. The minimum atomic E-state index is -0.278. The Hall–Kier alpha value is -1.36. The van der Waals surface area contributed by atoms with Gasteiger partial charge in [0.1, 0.15) is 4.83 Å². The first-order valence-electron chi connectivity index (χ1n) is 5.26. The van der Waals surface area contributed by atoms with Gasteiger partial charge in [-0.25, -0.2) is 4.79 Å². The highest BCUT2D eigenvalue weighted by atomic mass is 32.1. The number of rotatable bonds is 1. The number of hydrogen-bond donors (Lipinski definition) is 1. The topological polar surface area (TPSA) is 54.9 Å². The molecule has 1 N–H and O–H groups in total. The molecule has 0 aromatic carbocycles. The molecule has 0 spiro atoms. The highest BCUT2D eigenvalue weighted by Crippen LogP contribution is 2.40. The van der Waals surface area contributed by atoms with Crippen LogP contribution in [0.15, 0.2) is 15.0 Å². The van der Waals surface area contributed by atoms with Crippen LogP contribution in [0.5, 0.6) is 0 Å². The molecular formula is C11H12N2O2S. The van der Waals surface area contributed by atoms with Crippen molar-refractivity contribution in [2.45, 2.75) is 32.2 Å². The molecule has 0 unspecified atom stereocenters. The molecule has 84 valence electrons. The quantitative estimate of drug-likeness (QED) is 0.817. The van der Waals surface area contributed by atoms with E-state index < -0.39 is 0 Å². The van der Waals surface area contributed by atoms with Gasteiger partial charge in [-0.2, -0.15) is 0 Å². The fourth-order valence-electron chi connectivity index (χ4n) is 2.05. The first-order chi connectivity index (χ1) is 7.53. The number of aromatic nitrogens is 2. The van der Waals surface area contributed by atoms with Crippen molar-refractivity contribution in [2.24, 2.45) is 0 Å². The Bertz CT molecular complexity index is 688. The van der Waals surface area contributed by atoms with Gasteiger partial charge in [0, 0.05) is 0 Å². The van der Waals surface area contributed by atoms with Crippen LogP contribution in [0.1, 0.15) is 25.3 Å². The van der Waals surface area contributed by atoms with Crippen molar-refractivity contribution in [1.29, 1.82) is 0 Å². The number of hydrogen-bond acceptors (Lipinski definition) is 3. The Morgan fingerprint density at radius 1 is 1.44 bits per heavy atom. The molecule has 0 radical (unpaired) electrons. The minimum absolute atomic E-state index is 0.141. The molecule has 5 heteroatoms. The Labute approximate surface area is 95.5 Å². The van der Waals surface area contributed by atoms with Crippen LogP contribution in [0.4, 0.5) is 0 Å². The third kappa shape index (κ3) is 1.15. The van der Waals surface area contributed by atoms with E-state index in [1.165, 1.54) is 15.9 Å². The molecule has 1 saturated carbocycles. The van der Waals surface area contributed by atoms with E-state index in [1.54, 1.807) is 0 Å². The number of thiophene rings is 1. The third-order valence-electron chi connectivity index (χ3n) is 3.33. The van der Waals surface area contributed by atoms with Crippen molar-refractivity contribution < 1.29 is 0 Å². The molecular weight excluding hydrogens is 224 g/mol. The van der Waals surface area contributed by atoms with E-state index in [4.69, 9.17) is 0 Å². The number of aromatic amines is 1. The van der Waals surface area contributed by atoms with Crippen LogP contribution in [0.3, 0.4) is 0 Å². The summed E-state index contributed by atoms with van der Waals surface area (Å²) in [7, 11) is 0. The van der Waals surface area contributed by atoms with Gasteiger partial charge in [-0.3, -0.25) is 14.3 Å². The summed E-state index contributed by atoms with van der Waals surface area (Å²) < 4.78 is 1.38. The van der Waals surface area contributed by atoms with Gasteiger partial charge in [0.15, 0.2) is 0 Å². The van der Waals surface area contributed by atoms with Crippen molar-refractivity contribution in [2.75, 3.05) is 0 Å². The highest BCUT2D eigenvalue weighted by molar-refractivity contribution is 7.16. The lowest BCUT2D eigenvalue weighted by molar-refractivity contribution is 0.491. The lowest BCUT2D eigenvalue weighted by atomic mass is 10.2. The first-order valence-corrected chi connectivity index (χ1v) is 6.14. The molecule has 0 bridgehead atoms. The van der Waals surface area contributed by atoms with E-state index in [9.17, 15) is 9.59 Å². The summed E-state index contributed by atoms with van der Waals surface area (Å²) >= 11 is 1.41. The first kappa shape index (κ1) is 9.84. The molecule has 2 aromatic heterocycles. The smallest absolute Gasteiger partial charge is 0.298 e. The summed E-state index contributed by atoms with van der Waals surface area (Å²) in [6.45, 7) is 3.86. The van der Waals surface area contributed by atoms with Crippen LogP contribution >= 0.6 is 11.3 Å². The van der Waals surface area contributed by atoms with Gasteiger partial charge in [0.05, 0.1) is 10.9 Å². The average Bonchev–Trinajstić information content (AvgIpc) is 2.81. The molecule has 16 heavy (non-hydrogen) atoms. The Balaban J connectivity index is 2.50. The van der Waals surface area contributed by atoms with E-state index in [-0.39, 0.29) is 16.8 Å². The molecule has 3 rings (SSSR count). The zero-order chi connectivity index (χ0) is 11.5. The van der Waals surface area contributed by atoms with E-state index in [0.717, 1.165) is 18.4 Å². The predicted octanol–water partition coefficient (Wildman–Crippen LogP) is 1.57. The standard InChI is InChI=1S/C11H12N2O2S/c1-6-5-16-8-7(6)9(14)13(10(15)12-8)11(2)3-4-11/h5H,3-4H2,1-2H3,(H,12,15). The summed E-state index contributed by atoms with van der Waals surface area (Å²) in [6, 6.07) is 0. The van der Waals surface area contributed by atoms with Crippen molar-refractivity contribution in [3.05, 3.63) is 31.8 Å². The molecule has 1 aliphatic carbocycles. The number of aryl methyl sites for hydroxylation is 1. The molecule has 1 fully saturated rings. The number of H-pyrrole nitrogens is 1. The van der Waals surface area contributed by atoms with Crippen LogP contribution in [0, 0.1) is 6.92 Å². The number of nitrogens with zero attached hydrogens (tertiary/aromatic N) is 1. The van der Waals surface area contributed by atoms with Crippen LogP contribution in [-0.4, -0.2) is 9.55 Å². The van der Waals surface area contributed by atoms with Crippen molar-refractivity contribution in [3.63, 3.8) is 0 Å². The summed E-state index contributed by atoms with van der Waals surface area (Å²) in [5.41, 5.74) is 0.267. The van der Waals surface area contributed by atoms with Gasteiger partial charge < -0.3 is 0 Å². The van der Waals surface area contributed by atoms with Crippen LogP contribution in [0.2, 0.25) is 0 Å². The second-order valence-electron chi connectivity index (χ2n) is 4.69. The number of fused-ring (bicyclic) bond motifs is 1. The van der Waals surface area contributed by atoms with Crippen LogP contribution in [0.25, 0.3) is 10.2 Å². The van der Waals surface area contributed by atoms with Gasteiger partial charge in [0.25, 0.3) is 5.56 Å². The second kappa shape index (κ2) is 2.85. The molecule has 0 aliphatic heterocycles. The third-order valence-corrected chi connectivity index (χ3v) is 4.34. The Morgan fingerprint density at radius 2 is 2.12 bits per heavy atom. The molecule has 0 atom stereocenters. The zero-order valence-corrected chi connectivity index (χ0v) is 9.98. The van der Waals surface area contributed by atoms with E-state index >= 15 is 0 Å². The fourth-order valence-corrected chi connectivity index (χ4v) is 2.98. The van der Waals surface area contributed by atoms with Gasteiger partial charge in [-0.15, -0.1) is 11.3 Å². The van der Waals surface area contributed by atoms with Gasteiger partial charge in [0.2, 0.25) is 0 Å². The monoisotopic (exact) mass is 236 g/mol. The largest absolute Gasteiger partial charge is 0.329 e. The highest BCUT2D eigenvalue weighted by Gasteiger charge is 2.42. The maximum absolute atomic E-state index is 12.3. The van der Waals surface area contributed by atoms with Crippen molar-refractivity contribution in [3.8, 4) is 0 Å². The van der Waals surface area contributed by atoms with Crippen molar-refractivity contribution >= 4 is 21.6 Å². The second-order valence-corrected chi connectivity index (χ2v) is 5.57. The Kier molecular flexibility index (Phi) is 1.75. The minimum Gasteiger partial charge on any atom is -0.298 e. The molecule has 4 nitrogen and oxygen atoms in total. The normalized spacial score (nSPS) is 17.9. The van der Waals surface area contributed by atoms with Gasteiger partial charge in [-0.05, 0) is 37.6 Å². The summed E-state index contributed by atoms with van der Waals surface area (Å²) in [6.07, 6.45) is 1.81. The maximum Gasteiger partial charge on any atom is 0.329 e. The molecule has 1 aliphatic rings. The molecule has 2 heterocycles. The maximum atomic E-state index is 12.3. The average molecular weight is 236 g/mol. The lowest BCUT2D eigenvalue weighted by Gasteiger charge is -2.11. The summed E-state index contributed by atoms with van der Waals surface area (Å²) in [5, 5.41) is 2.57. The zero-order valence-electron chi connectivity index (χ0n) is 9.16. The van der Waals surface area contributed by atoms with Crippen LogP contribution in [-0.2, 0) is 5.54 Å². The van der Waals surface area contributed by atoms with E-state index in [2.05, 4.69) is 4.98 Å².